The average Bonchev–Trinajstić information content (AvgIpc) is 3.00. The number of ether oxygens (including phenoxy) is 1. The summed E-state index contributed by atoms with van der Waals surface area (Å²) in [5.74, 6) is -0.616. The van der Waals surface area contributed by atoms with E-state index < -0.39 is 23.8 Å². The quantitative estimate of drug-likeness (QED) is 0.165. The number of carbonyl (C=O) groups excluding carboxylic acids is 3. The first kappa shape index (κ1) is 36.3. The summed E-state index contributed by atoms with van der Waals surface area (Å²) in [7, 11) is 0. The van der Waals surface area contributed by atoms with Crippen molar-refractivity contribution >= 4 is 23.6 Å². The lowest BCUT2D eigenvalue weighted by molar-refractivity contribution is -0.140. The maximum Gasteiger partial charge on any atom is 0.408 e. The maximum absolute atomic E-state index is 14.8. The number of carbonyl (C=O) groups is 3. The molecule has 2 unspecified atom stereocenters. The fraction of sp³-hybridized carbons (Fsp3) is 0.462. The zero-order chi connectivity index (χ0) is 33.7. The molecule has 0 aromatic heterocycles. The van der Waals surface area contributed by atoms with E-state index in [0.29, 0.717) is 6.54 Å². The maximum atomic E-state index is 14.8. The van der Waals surface area contributed by atoms with Gasteiger partial charge in [0.2, 0.25) is 5.91 Å². The first-order valence-corrected chi connectivity index (χ1v) is 16.7. The molecule has 3 rings (SSSR count). The molecule has 3 aromatic rings. The molecule has 0 bridgehead atoms. The SMILES string of the molecule is CCCCCCCCN(C(=O)C(Cc1ccccc1)NC(=O)OC(C)(C)C)C(C(=O)Nc1c(C)cccc1C)c1ccccc1C. The molecule has 0 heterocycles. The van der Waals surface area contributed by atoms with Crippen LogP contribution in [0, 0.1) is 20.8 Å². The van der Waals surface area contributed by atoms with Crippen LogP contribution < -0.4 is 10.6 Å². The van der Waals surface area contributed by atoms with Crippen LogP contribution in [0.15, 0.2) is 72.8 Å². The van der Waals surface area contributed by atoms with Crippen molar-refractivity contribution in [2.75, 3.05) is 11.9 Å². The Bertz CT molecular complexity index is 1410. The molecule has 46 heavy (non-hydrogen) atoms. The fourth-order valence-corrected chi connectivity index (χ4v) is 5.68. The van der Waals surface area contributed by atoms with Gasteiger partial charge in [-0.15, -0.1) is 0 Å². The summed E-state index contributed by atoms with van der Waals surface area (Å²) in [6, 6.07) is 21.3. The number of benzene rings is 3. The van der Waals surface area contributed by atoms with Gasteiger partial charge in [0.1, 0.15) is 17.7 Å². The van der Waals surface area contributed by atoms with Crippen molar-refractivity contribution in [3.8, 4) is 0 Å². The van der Waals surface area contributed by atoms with Crippen LogP contribution in [-0.2, 0) is 20.7 Å². The van der Waals surface area contributed by atoms with Crippen LogP contribution in [0.25, 0.3) is 0 Å². The van der Waals surface area contributed by atoms with Crippen LogP contribution >= 0.6 is 0 Å². The van der Waals surface area contributed by atoms with Crippen molar-refractivity contribution in [3.63, 3.8) is 0 Å². The van der Waals surface area contributed by atoms with E-state index in [2.05, 4.69) is 17.6 Å². The van der Waals surface area contributed by atoms with Gasteiger partial charge in [0.25, 0.3) is 5.91 Å². The largest absolute Gasteiger partial charge is 0.444 e. The van der Waals surface area contributed by atoms with Gasteiger partial charge in [0.05, 0.1) is 0 Å². The Morgan fingerprint density at radius 3 is 1.98 bits per heavy atom. The monoisotopic (exact) mass is 627 g/mol. The lowest BCUT2D eigenvalue weighted by Gasteiger charge is -2.35. The molecule has 2 atom stereocenters. The number of para-hydroxylation sites is 1. The molecule has 0 saturated heterocycles. The summed E-state index contributed by atoms with van der Waals surface area (Å²) in [6.07, 6.45) is 5.77. The number of aryl methyl sites for hydroxylation is 3. The van der Waals surface area contributed by atoms with E-state index in [9.17, 15) is 14.4 Å². The molecular formula is C39H53N3O4. The van der Waals surface area contributed by atoms with E-state index >= 15 is 0 Å². The first-order valence-electron chi connectivity index (χ1n) is 16.7. The normalized spacial score (nSPS) is 12.6. The van der Waals surface area contributed by atoms with Gasteiger partial charge in [-0.1, -0.05) is 112 Å². The summed E-state index contributed by atoms with van der Waals surface area (Å²) >= 11 is 0. The highest BCUT2D eigenvalue weighted by atomic mass is 16.6. The molecule has 0 aliphatic heterocycles. The van der Waals surface area contributed by atoms with E-state index in [4.69, 9.17) is 4.74 Å². The zero-order valence-electron chi connectivity index (χ0n) is 28.8. The Balaban J connectivity index is 2.08. The number of alkyl carbamates (subject to hydrolysis) is 1. The molecule has 0 fully saturated rings. The lowest BCUT2D eigenvalue weighted by Crippen LogP contribution is -2.53. The second kappa shape index (κ2) is 17.5. The van der Waals surface area contributed by atoms with Gasteiger partial charge < -0.3 is 20.3 Å². The van der Waals surface area contributed by atoms with Crippen molar-refractivity contribution in [1.82, 2.24) is 10.2 Å². The number of nitrogens with one attached hydrogen (secondary N) is 2. The zero-order valence-corrected chi connectivity index (χ0v) is 28.8. The predicted octanol–water partition coefficient (Wildman–Crippen LogP) is 8.62. The third-order valence-electron chi connectivity index (χ3n) is 8.08. The summed E-state index contributed by atoms with van der Waals surface area (Å²) in [4.78, 5) is 44.1. The van der Waals surface area contributed by atoms with Gasteiger partial charge in [0.15, 0.2) is 0 Å². The minimum absolute atomic E-state index is 0.255. The molecule has 248 valence electrons. The number of anilines is 1. The number of rotatable bonds is 15. The topological polar surface area (TPSA) is 87.7 Å². The molecule has 2 N–H and O–H groups in total. The number of amides is 3. The highest BCUT2D eigenvalue weighted by Gasteiger charge is 2.37. The molecule has 0 aliphatic rings. The standard InChI is InChI=1S/C39H53N3O4/c1-8-9-10-11-12-18-26-42(37(44)33(27-31-23-14-13-15-24-31)40-38(45)46-39(5,6)7)35(32-25-17-16-20-28(32)2)36(43)41-34-29(3)21-19-22-30(34)4/h13-17,19-25,33,35H,8-12,18,26-27H2,1-7H3,(H,40,45)(H,41,43). The summed E-state index contributed by atoms with van der Waals surface area (Å²) in [6.45, 7) is 13.8. The summed E-state index contributed by atoms with van der Waals surface area (Å²) in [5, 5.41) is 6.04. The second-order valence-corrected chi connectivity index (χ2v) is 13.2. The van der Waals surface area contributed by atoms with Crippen LogP contribution in [0.5, 0.6) is 0 Å². The van der Waals surface area contributed by atoms with Crippen molar-refractivity contribution in [1.29, 1.82) is 0 Å². The van der Waals surface area contributed by atoms with E-state index in [0.717, 1.165) is 65.6 Å². The van der Waals surface area contributed by atoms with Gasteiger partial charge in [-0.3, -0.25) is 9.59 Å². The van der Waals surface area contributed by atoms with Crippen molar-refractivity contribution in [2.45, 2.75) is 111 Å². The second-order valence-electron chi connectivity index (χ2n) is 13.2. The van der Waals surface area contributed by atoms with E-state index in [1.165, 1.54) is 6.42 Å². The average molecular weight is 628 g/mol. The molecule has 0 spiro atoms. The van der Waals surface area contributed by atoms with Gasteiger partial charge in [0, 0.05) is 18.7 Å². The van der Waals surface area contributed by atoms with Crippen LogP contribution in [0.3, 0.4) is 0 Å². The van der Waals surface area contributed by atoms with Crippen molar-refractivity contribution in [3.05, 3.63) is 101 Å². The van der Waals surface area contributed by atoms with E-state index in [1.54, 1.807) is 25.7 Å². The molecular weight excluding hydrogens is 574 g/mol. The summed E-state index contributed by atoms with van der Waals surface area (Å²) in [5.41, 5.74) is 4.44. The Morgan fingerprint density at radius 1 is 0.761 bits per heavy atom. The van der Waals surface area contributed by atoms with Gasteiger partial charge in [-0.25, -0.2) is 4.79 Å². The van der Waals surface area contributed by atoms with Crippen LogP contribution in [0.1, 0.15) is 100 Å². The van der Waals surface area contributed by atoms with Gasteiger partial charge in [-0.2, -0.15) is 0 Å². The van der Waals surface area contributed by atoms with Gasteiger partial charge in [-0.05, 0) is 75.8 Å². The Morgan fingerprint density at radius 2 is 1.35 bits per heavy atom. The third-order valence-corrected chi connectivity index (χ3v) is 8.08. The number of nitrogens with zero attached hydrogens (tertiary/aromatic N) is 1. The highest BCUT2D eigenvalue weighted by Crippen LogP contribution is 2.29. The first-order chi connectivity index (χ1) is 21.9. The van der Waals surface area contributed by atoms with Crippen molar-refractivity contribution in [2.24, 2.45) is 0 Å². The Labute approximate surface area is 276 Å². The smallest absolute Gasteiger partial charge is 0.408 e. The Kier molecular flexibility index (Phi) is 13.9. The van der Waals surface area contributed by atoms with Gasteiger partial charge >= 0.3 is 6.09 Å². The molecule has 0 aliphatic carbocycles. The van der Waals surface area contributed by atoms with Crippen LogP contribution in [0.2, 0.25) is 0 Å². The number of hydrogen-bond acceptors (Lipinski definition) is 4. The highest BCUT2D eigenvalue weighted by molar-refractivity contribution is 6.00. The fourth-order valence-electron chi connectivity index (χ4n) is 5.68. The van der Waals surface area contributed by atoms with Crippen LogP contribution in [0.4, 0.5) is 10.5 Å². The number of unbranched alkanes of at least 4 members (excludes halogenated alkanes) is 5. The predicted molar refractivity (Wildman–Crippen MR) is 187 cm³/mol. The third kappa shape index (κ3) is 11.0. The summed E-state index contributed by atoms with van der Waals surface area (Å²) < 4.78 is 5.59. The molecule has 0 saturated carbocycles. The lowest BCUT2D eigenvalue weighted by atomic mass is 9.96. The van der Waals surface area contributed by atoms with E-state index in [-0.39, 0.29) is 18.2 Å². The van der Waals surface area contributed by atoms with E-state index in [1.807, 2.05) is 93.6 Å². The van der Waals surface area contributed by atoms with Crippen LogP contribution in [-0.4, -0.2) is 41.0 Å². The molecule has 7 heteroatoms. The molecule has 3 aromatic carbocycles. The molecule has 0 radical (unpaired) electrons. The minimum Gasteiger partial charge on any atom is -0.444 e. The molecule has 3 amide bonds. The van der Waals surface area contributed by atoms with Crippen molar-refractivity contribution < 1.29 is 19.1 Å². The Hall–Kier alpha value is -4.13. The number of hydrogen-bond donors (Lipinski definition) is 2. The minimum atomic E-state index is -0.947. The molecule has 7 nitrogen and oxygen atoms in total.